The molecule has 1 unspecified atom stereocenters. The topological polar surface area (TPSA) is 92.7 Å². The SMILES string of the molecule is CCC(=O)CCC(C)OCCC(C)(C)Nc1cc(C(=O)O)cc(C(=O)C(C)C)c1. The van der Waals surface area contributed by atoms with Crippen molar-refractivity contribution in [2.75, 3.05) is 11.9 Å². The Bertz CT molecular complexity index is 724. The number of benzene rings is 1. The van der Waals surface area contributed by atoms with Crippen molar-refractivity contribution in [1.29, 1.82) is 0 Å². The quantitative estimate of drug-likeness (QED) is 0.450. The summed E-state index contributed by atoms with van der Waals surface area (Å²) in [5.41, 5.74) is 0.707. The number of carbonyl (C=O) groups excluding carboxylic acids is 2. The van der Waals surface area contributed by atoms with E-state index in [1.807, 2.05) is 27.7 Å². The zero-order valence-electron chi connectivity index (χ0n) is 18.5. The van der Waals surface area contributed by atoms with Gasteiger partial charge in [-0.15, -0.1) is 0 Å². The van der Waals surface area contributed by atoms with E-state index in [0.717, 1.165) is 0 Å². The average molecular weight is 406 g/mol. The fourth-order valence-corrected chi connectivity index (χ4v) is 2.89. The Morgan fingerprint density at radius 1 is 1.10 bits per heavy atom. The Kier molecular flexibility index (Phi) is 9.50. The molecule has 0 heterocycles. The van der Waals surface area contributed by atoms with Crippen LogP contribution in [0.2, 0.25) is 0 Å². The standard InChI is InChI=1S/C23H35NO5/c1-7-20(25)9-8-16(4)29-11-10-23(5,6)24-19-13-17(21(26)15(2)3)12-18(14-19)22(27)28/h12-16,24H,7-11H2,1-6H3,(H,27,28). The minimum absolute atomic E-state index is 0.00639. The Morgan fingerprint density at radius 2 is 1.72 bits per heavy atom. The summed E-state index contributed by atoms with van der Waals surface area (Å²) in [6, 6.07) is 4.67. The van der Waals surface area contributed by atoms with Crippen molar-refractivity contribution < 1.29 is 24.2 Å². The Balaban J connectivity index is 2.75. The van der Waals surface area contributed by atoms with E-state index in [0.29, 0.717) is 43.5 Å². The van der Waals surface area contributed by atoms with Gasteiger partial charge in [-0.3, -0.25) is 9.59 Å². The lowest BCUT2D eigenvalue weighted by molar-refractivity contribution is -0.119. The highest BCUT2D eigenvalue weighted by Gasteiger charge is 2.21. The summed E-state index contributed by atoms with van der Waals surface area (Å²) < 4.78 is 5.83. The normalized spacial score (nSPS) is 12.7. The Hall–Kier alpha value is -2.21. The number of hydrogen-bond donors (Lipinski definition) is 2. The number of hydrogen-bond acceptors (Lipinski definition) is 5. The first kappa shape index (κ1) is 24.8. The number of aromatic carboxylic acids is 1. The third kappa shape index (κ3) is 8.77. The van der Waals surface area contributed by atoms with Gasteiger partial charge in [0, 0.05) is 42.2 Å². The van der Waals surface area contributed by atoms with E-state index in [4.69, 9.17) is 4.74 Å². The average Bonchev–Trinajstić information content (AvgIpc) is 2.64. The largest absolute Gasteiger partial charge is 0.478 e. The first-order valence-corrected chi connectivity index (χ1v) is 10.3. The molecule has 1 atom stereocenters. The van der Waals surface area contributed by atoms with E-state index in [-0.39, 0.29) is 34.7 Å². The molecule has 1 aromatic rings. The van der Waals surface area contributed by atoms with Crippen molar-refractivity contribution in [3.8, 4) is 0 Å². The minimum atomic E-state index is -1.07. The Morgan fingerprint density at radius 3 is 2.28 bits per heavy atom. The third-order valence-electron chi connectivity index (χ3n) is 4.83. The minimum Gasteiger partial charge on any atom is -0.478 e. The molecular weight excluding hydrogens is 370 g/mol. The molecule has 0 fully saturated rings. The molecule has 0 aliphatic rings. The second-order valence-electron chi connectivity index (χ2n) is 8.49. The maximum Gasteiger partial charge on any atom is 0.335 e. The summed E-state index contributed by atoms with van der Waals surface area (Å²) in [7, 11) is 0. The summed E-state index contributed by atoms with van der Waals surface area (Å²) in [4.78, 5) is 35.2. The molecule has 0 aromatic heterocycles. The zero-order valence-corrected chi connectivity index (χ0v) is 18.5. The van der Waals surface area contributed by atoms with Gasteiger partial charge >= 0.3 is 5.97 Å². The van der Waals surface area contributed by atoms with Crippen LogP contribution in [0.3, 0.4) is 0 Å². The van der Waals surface area contributed by atoms with Crippen LogP contribution in [0.25, 0.3) is 0 Å². The van der Waals surface area contributed by atoms with Crippen LogP contribution in [0, 0.1) is 5.92 Å². The summed E-state index contributed by atoms with van der Waals surface area (Å²) in [5.74, 6) is -1.13. The predicted molar refractivity (Wildman–Crippen MR) is 115 cm³/mol. The molecule has 0 radical (unpaired) electrons. The monoisotopic (exact) mass is 405 g/mol. The van der Waals surface area contributed by atoms with Gasteiger partial charge in [-0.25, -0.2) is 4.79 Å². The van der Waals surface area contributed by atoms with Crippen LogP contribution < -0.4 is 5.32 Å². The van der Waals surface area contributed by atoms with Crippen molar-refractivity contribution in [3.05, 3.63) is 29.3 Å². The number of nitrogens with one attached hydrogen (secondary N) is 1. The van der Waals surface area contributed by atoms with Gasteiger partial charge in [0.15, 0.2) is 5.78 Å². The number of ketones is 2. The van der Waals surface area contributed by atoms with Crippen LogP contribution >= 0.6 is 0 Å². The summed E-state index contributed by atoms with van der Waals surface area (Å²) in [6.07, 6.45) is 2.49. The van der Waals surface area contributed by atoms with E-state index in [9.17, 15) is 19.5 Å². The molecule has 0 saturated carbocycles. The van der Waals surface area contributed by atoms with Gasteiger partial charge in [0.2, 0.25) is 0 Å². The van der Waals surface area contributed by atoms with Gasteiger partial charge in [0.05, 0.1) is 11.7 Å². The molecule has 0 aliphatic carbocycles. The van der Waals surface area contributed by atoms with Gasteiger partial charge < -0.3 is 15.2 Å². The van der Waals surface area contributed by atoms with Gasteiger partial charge in [-0.1, -0.05) is 20.8 Å². The molecule has 2 N–H and O–H groups in total. The molecule has 0 bridgehead atoms. The van der Waals surface area contributed by atoms with Crippen LogP contribution in [0.4, 0.5) is 5.69 Å². The number of anilines is 1. The number of carboxylic acid groups (broad SMARTS) is 1. The molecule has 1 rings (SSSR count). The molecule has 6 heteroatoms. The molecule has 1 aromatic carbocycles. The van der Waals surface area contributed by atoms with E-state index >= 15 is 0 Å². The second-order valence-corrected chi connectivity index (χ2v) is 8.49. The van der Waals surface area contributed by atoms with Crippen LogP contribution in [0.15, 0.2) is 18.2 Å². The number of carbonyl (C=O) groups is 3. The van der Waals surface area contributed by atoms with E-state index in [2.05, 4.69) is 5.32 Å². The van der Waals surface area contributed by atoms with Gasteiger partial charge in [-0.05, 0) is 51.8 Å². The molecule has 0 saturated heterocycles. The maximum atomic E-state index is 12.4. The summed E-state index contributed by atoms with van der Waals surface area (Å²) in [5, 5.41) is 12.7. The number of Topliss-reactive ketones (excluding diaryl/α,β-unsaturated/α-hetero) is 2. The van der Waals surface area contributed by atoms with E-state index < -0.39 is 5.97 Å². The first-order valence-electron chi connectivity index (χ1n) is 10.3. The van der Waals surface area contributed by atoms with Crippen LogP contribution in [0.1, 0.15) is 87.9 Å². The fourth-order valence-electron chi connectivity index (χ4n) is 2.89. The zero-order chi connectivity index (χ0) is 22.2. The highest BCUT2D eigenvalue weighted by molar-refractivity contribution is 6.01. The number of rotatable bonds is 13. The highest BCUT2D eigenvalue weighted by atomic mass is 16.5. The van der Waals surface area contributed by atoms with Gasteiger partial charge in [0.1, 0.15) is 5.78 Å². The second kappa shape index (κ2) is 11.1. The van der Waals surface area contributed by atoms with Crippen molar-refractivity contribution >= 4 is 23.2 Å². The highest BCUT2D eigenvalue weighted by Crippen LogP contribution is 2.23. The number of carboxylic acids is 1. The molecule has 29 heavy (non-hydrogen) atoms. The molecular formula is C23H35NO5. The summed E-state index contributed by atoms with van der Waals surface area (Å²) in [6.45, 7) is 11.9. The summed E-state index contributed by atoms with van der Waals surface area (Å²) >= 11 is 0. The molecule has 6 nitrogen and oxygen atoms in total. The van der Waals surface area contributed by atoms with E-state index in [1.165, 1.54) is 6.07 Å². The van der Waals surface area contributed by atoms with Gasteiger partial charge in [-0.2, -0.15) is 0 Å². The smallest absolute Gasteiger partial charge is 0.335 e. The lowest BCUT2D eigenvalue weighted by Gasteiger charge is -2.28. The number of ether oxygens (including phenoxy) is 1. The van der Waals surface area contributed by atoms with Crippen molar-refractivity contribution in [1.82, 2.24) is 0 Å². The molecule has 0 spiro atoms. The molecule has 162 valence electrons. The first-order chi connectivity index (χ1) is 13.4. The Labute approximate surface area is 174 Å². The van der Waals surface area contributed by atoms with E-state index in [1.54, 1.807) is 26.0 Å². The van der Waals surface area contributed by atoms with Crippen molar-refractivity contribution in [2.24, 2.45) is 5.92 Å². The molecule has 0 aliphatic heterocycles. The van der Waals surface area contributed by atoms with Crippen molar-refractivity contribution in [3.63, 3.8) is 0 Å². The third-order valence-corrected chi connectivity index (χ3v) is 4.83. The lowest BCUT2D eigenvalue weighted by Crippen LogP contribution is -2.33. The fraction of sp³-hybridized carbons (Fsp3) is 0.609. The maximum absolute atomic E-state index is 12.4. The van der Waals surface area contributed by atoms with Crippen LogP contribution in [-0.2, 0) is 9.53 Å². The predicted octanol–water partition coefficient (Wildman–Crippen LogP) is 4.97. The van der Waals surface area contributed by atoms with Crippen LogP contribution in [-0.4, -0.2) is 40.9 Å². The molecule has 0 amide bonds. The van der Waals surface area contributed by atoms with Crippen LogP contribution in [0.5, 0.6) is 0 Å². The van der Waals surface area contributed by atoms with Crippen molar-refractivity contribution in [2.45, 2.75) is 78.9 Å². The lowest BCUT2D eigenvalue weighted by atomic mass is 9.96. The van der Waals surface area contributed by atoms with Gasteiger partial charge in [0.25, 0.3) is 0 Å².